The lowest BCUT2D eigenvalue weighted by atomic mass is 9.96. The van der Waals surface area contributed by atoms with Crippen LogP contribution in [0, 0.1) is 0 Å². The number of halogens is 3. The largest absolute Gasteiger partial charge is 0.478 e. The number of amides is 1. The van der Waals surface area contributed by atoms with Gasteiger partial charge in [0.2, 0.25) is 5.91 Å². The summed E-state index contributed by atoms with van der Waals surface area (Å²) in [6.07, 6.45) is 3.41. The van der Waals surface area contributed by atoms with Crippen molar-refractivity contribution in [3.05, 3.63) is 88.1 Å². The maximum Gasteiger partial charge on any atom is 0.417 e. The molecule has 0 saturated heterocycles. The van der Waals surface area contributed by atoms with Crippen molar-refractivity contribution < 1.29 is 27.9 Å². The van der Waals surface area contributed by atoms with Crippen LogP contribution in [0.15, 0.2) is 66.5 Å². The number of carboxylic acid groups (broad SMARTS) is 1. The third-order valence-electron chi connectivity index (χ3n) is 5.19. The number of hydrogen-bond acceptors (Lipinski definition) is 6. The number of nitrogens with one attached hydrogen (secondary N) is 1. The molecule has 188 valence electrons. The molecule has 36 heavy (non-hydrogen) atoms. The van der Waals surface area contributed by atoms with E-state index in [1.54, 1.807) is 37.3 Å². The molecule has 6 N–H and O–H groups in total. The molecular formula is C25H23F3N4O3S. The number of allylic oxidation sites excluding steroid dienone is 1. The summed E-state index contributed by atoms with van der Waals surface area (Å²) in [6, 6.07) is 7.58. The number of pyridine rings is 1. The van der Waals surface area contributed by atoms with Gasteiger partial charge >= 0.3 is 12.1 Å². The highest BCUT2D eigenvalue weighted by molar-refractivity contribution is 7.19. The quantitative estimate of drug-likeness (QED) is 0.251. The first-order valence-corrected chi connectivity index (χ1v) is 11.4. The van der Waals surface area contributed by atoms with Crippen LogP contribution in [-0.2, 0) is 22.3 Å². The third-order valence-corrected chi connectivity index (χ3v) is 6.37. The zero-order valence-corrected chi connectivity index (χ0v) is 19.9. The van der Waals surface area contributed by atoms with Crippen molar-refractivity contribution in [2.75, 3.05) is 5.73 Å². The van der Waals surface area contributed by atoms with Gasteiger partial charge in [0.1, 0.15) is 5.82 Å². The number of hydrogen-bond donors (Lipinski definition) is 4. The number of rotatable bonds is 8. The van der Waals surface area contributed by atoms with Crippen molar-refractivity contribution in [3.8, 4) is 0 Å². The van der Waals surface area contributed by atoms with Gasteiger partial charge in [0.15, 0.2) is 0 Å². The van der Waals surface area contributed by atoms with E-state index in [1.807, 2.05) is 0 Å². The molecule has 0 bridgehead atoms. The summed E-state index contributed by atoms with van der Waals surface area (Å²) in [5, 5.41) is 12.1. The van der Waals surface area contributed by atoms with E-state index >= 15 is 0 Å². The van der Waals surface area contributed by atoms with E-state index in [1.165, 1.54) is 24.4 Å². The second-order valence-electron chi connectivity index (χ2n) is 7.84. The Morgan fingerprint density at radius 3 is 2.58 bits per heavy atom. The van der Waals surface area contributed by atoms with Gasteiger partial charge in [-0.3, -0.25) is 4.79 Å². The van der Waals surface area contributed by atoms with Crippen LogP contribution < -0.4 is 16.8 Å². The van der Waals surface area contributed by atoms with Crippen molar-refractivity contribution in [1.82, 2.24) is 10.3 Å². The number of nitrogen functional groups attached to an aromatic ring is 1. The molecule has 7 nitrogen and oxygen atoms in total. The Kier molecular flexibility index (Phi) is 8.15. The van der Waals surface area contributed by atoms with Crippen LogP contribution >= 0.6 is 11.3 Å². The molecule has 1 atom stereocenters. The Hall–Kier alpha value is -4.12. The van der Waals surface area contributed by atoms with E-state index in [4.69, 9.17) is 16.6 Å². The van der Waals surface area contributed by atoms with E-state index in [0.717, 1.165) is 23.6 Å². The molecule has 0 saturated carbocycles. The number of nitrogens with zero attached hydrogens (tertiary/aromatic N) is 1. The van der Waals surface area contributed by atoms with Crippen LogP contribution in [0.25, 0.3) is 16.2 Å². The number of carbonyl (C=O) groups excluding carboxylic acids is 1. The van der Waals surface area contributed by atoms with Gasteiger partial charge in [0.25, 0.3) is 0 Å². The van der Waals surface area contributed by atoms with Crippen molar-refractivity contribution in [3.63, 3.8) is 0 Å². The maximum absolute atomic E-state index is 13.8. The molecule has 1 amide bonds. The summed E-state index contributed by atoms with van der Waals surface area (Å²) in [6.45, 7) is 1.71. The van der Waals surface area contributed by atoms with Gasteiger partial charge in [-0.25, -0.2) is 9.78 Å². The summed E-state index contributed by atoms with van der Waals surface area (Å²) in [5.41, 5.74) is 10.9. The first-order chi connectivity index (χ1) is 17.0. The number of benzene rings is 1. The lowest BCUT2D eigenvalue weighted by Crippen LogP contribution is -2.19. The van der Waals surface area contributed by atoms with Crippen LogP contribution in [0.4, 0.5) is 19.0 Å². The number of nitrogens with two attached hydrogens (primary N) is 2. The van der Waals surface area contributed by atoms with E-state index in [9.17, 15) is 22.8 Å². The lowest BCUT2D eigenvalue weighted by molar-refractivity contribution is -0.136. The van der Waals surface area contributed by atoms with Crippen LogP contribution in [0.3, 0.4) is 0 Å². The highest BCUT2D eigenvalue weighted by Crippen LogP contribution is 2.41. The monoisotopic (exact) mass is 516 g/mol. The number of aromatic nitrogens is 1. The Morgan fingerprint density at radius 2 is 1.97 bits per heavy atom. The summed E-state index contributed by atoms with van der Waals surface area (Å²) < 4.78 is 41.6. The van der Waals surface area contributed by atoms with E-state index in [0.29, 0.717) is 27.2 Å². The van der Waals surface area contributed by atoms with Crippen molar-refractivity contribution in [2.45, 2.75) is 25.6 Å². The molecule has 0 aliphatic heterocycles. The lowest BCUT2D eigenvalue weighted by Gasteiger charge is -2.13. The molecule has 0 radical (unpaired) electrons. The highest BCUT2D eigenvalue weighted by Gasteiger charge is 2.34. The van der Waals surface area contributed by atoms with Gasteiger partial charge in [0.05, 0.1) is 17.7 Å². The first-order valence-electron chi connectivity index (χ1n) is 10.6. The molecule has 2 aromatic heterocycles. The van der Waals surface area contributed by atoms with Gasteiger partial charge in [-0.05, 0) is 64.9 Å². The molecule has 3 aromatic rings. The van der Waals surface area contributed by atoms with E-state index in [-0.39, 0.29) is 16.8 Å². The average Bonchev–Trinajstić information content (AvgIpc) is 3.24. The van der Waals surface area contributed by atoms with Crippen LogP contribution in [0.1, 0.15) is 34.4 Å². The smallest absolute Gasteiger partial charge is 0.417 e. The van der Waals surface area contributed by atoms with Gasteiger partial charge in [-0.1, -0.05) is 13.0 Å². The summed E-state index contributed by atoms with van der Waals surface area (Å²) >= 11 is 0.951. The highest BCUT2D eigenvalue weighted by atomic mass is 32.1. The topological polar surface area (TPSA) is 131 Å². The SMILES string of the molecule is CC(/C=C\C(=C/N)C(=O)O)c1cc(C(F)(F)F)c2sc(CNC(=O)/C=C/c3ccc(N)nc3)cc2c1. The predicted octanol–water partition coefficient (Wildman–Crippen LogP) is 4.81. The van der Waals surface area contributed by atoms with Gasteiger partial charge in [-0.15, -0.1) is 11.3 Å². The van der Waals surface area contributed by atoms with Gasteiger partial charge < -0.3 is 21.9 Å². The zero-order valence-electron chi connectivity index (χ0n) is 19.0. The fourth-order valence-corrected chi connectivity index (χ4v) is 4.38. The minimum Gasteiger partial charge on any atom is -0.478 e. The molecule has 0 aliphatic rings. The number of fused-ring (bicyclic) bond motifs is 1. The third kappa shape index (κ3) is 6.72. The van der Waals surface area contributed by atoms with Crippen molar-refractivity contribution >= 4 is 45.2 Å². The van der Waals surface area contributed by atoms with Gasteiger partial charge in [0, 0.05) is 28.0 Å². The Bertz CT molecular complexity index is 1360. The molecule has 1 unspecified atom stereocenters. The zero-order chi connectivity index (χ0) is 26.5. The van der Waals surface area contributed by atoms with Crippen LogP contribution in [0.2, 0.25) is 0 Å². The molecule has 0 aliphatic carbocycles. The number of thiophene rings is 1. The molecule has 3 rings (SSSR count). The summed E-state index contributed by atoms with van der Waals surface area (Å²) in [4.78, 5) is 27.7. The number of carbonyl (C=O) groups is 2. The Labute approximate surface area is 208 Å². The van der Waals surface area contributed by atoms with E-state index < -0.39 is 29.5 Å². The molecule has 2 heterocycles. The normalized spacial score (nSPS) is 13.5. The standard InChI is InChI=1S/C25H23F3N4O3S/c1-14(2-5-16(11-29)24(34)35)17-8-18-9-19(36-23(18)20(10-17)25(26,27)28)13-32-22(33)7-4-15-3-6-21(30)31-12-15/h2-12,14H,13,29H2,1H3,(H2,30,31)(H,32,33)(H,34,35)/b5-2-,7-4+,16-11+. The van der Waals surface area contributed by atoms with Crippen molar-refractivity contribution in [2.24, 2.45) is 5.73 Å². The van der Waals surface area contributed by atoms with Crippen molar-refractivity contribution in [1.29, 1.82) is 0 Å². The van der Waals surface area contributed by atoms with Gasteiger partial charge in [-0.2, -0.15) is 13.2 Å². The summed E-state index contributed by atoms with van der Waals surface area (Å²) in [5.74, 6) is -1.81. The van der Waals surface area contributed by atoms with Crippen LogP contribution in [0.5, 0.6) is 0 Å². The second kappa shape index (κ2) is 11.1. The van der Waals surface area contributed by atoms with Crippen LogP contribution in [-0.4, -0.2) is 22.0 Å². The fraction of sp³-hybridized carbons (Fsp3) is 0.160. The number of anilines is 1. The Morgan fingerprint density at radius 1 is 1.22 bits per heavy atom. The minimum absolute atomic E-state index is 0.0495. The number of carboxylic acids is 1. The maximum atomic E-state index is 13.8. The number of aliphatic carboxylic acids is 1. The molecule has 1 aromatic carbocycles. The minimum atomic E-state index is -4.59. The fourth-order valence-electron chi connectivity index (χ4n) is 3.27. The Balaban J connectivity index is 1.82. The molecule has 0 spiro atoms. The molecular weight excluding hydrogens is 493 g/mol. The first kappa shape index (κ1) is 26.5. The van der Waals surface area contributed by atoms with E-state index in [2.05, 4.69) is 10.3 Å². The molecule has 0 fully saturated rings. The summed E-state index contributed by atoms with van der Waals surface area (Å²) in [7, 11) is 0. The average molecular weight is 517 g/mol. The predicted molar refractivity (Wildman–Crippen MR) is 134 cm³/mol. The molecule has 11 heteroatoms. The number of alkyl halides is 3. The second-order valence-corrected chi connectivity index (χ2v) is 8.98.